The summed E-state index contributed by atoms with van der Waals surface area (Å²) in [6, 6.07) is 4.76. The number of nitrogens with zero attached hydrogens (tertiary/aromatic N) is 1. The average molecular weight is 326 g/mol. The van der Waals surface area contributed by atoms with Crippen LogP contribution in [0.5, 0.6) is 11.5 Å². The van der Waals surface area contributed by atoms with E-state index >= 15 is 0 Å². The number of halogens is 2. The standard InChI is InChI=1S/C15H16F2N2O4/c16-15(17)22-11-3-1-2-9(12(11)23-15)5-19-6-10-4-18-7-14(10,8-19)13(20)21/h1-3,10,18H,4-8H2,(H,20,21)/t10-,14-/m0/s1. The first-order valence-electron chi connectivity index (χ1n) is 7.44. The van der Waals surface area contributed by atoms with Gasteiger partial charge < -0.3 is 19.9 Å². The molecular weight excluding hydrogens is 310 g/mol. The maximum Gasteiger partial charge on any atom is 0.586 e. The molecule has 6 nitrogen and oxygen atoms in total. The monoisotopic (exact) mass is 326 g/mol. The second-order valence-corrected chi connectivity index (χ2v) is 6.37. The van der Waals surface area contributed by atoms with Crippen molar-refractivity contribution >= 4 is 5.97 Å². The summed E-state index contributed by atoms with van der Waals surface area (Å²) in [6.07, 6.45) is -3.65. The van der Waals surface area contributed by atoms with Crippen LogP contribution in [-0.2, 0) is 11.3 Å². The fraction of sp³-hybridized carbons (Fsp3) is 0.533. The lowest BCUT2D eigenvalue weighted by Crippen LogP contribution is -2.40. The van der Waals surface area contributed by atoms with Crippen LogP contribution < -0.4 is 14.8 Å². The van der Waals surface area contributed by atoms with E-state index in [1.54, 1.807) is 12.1 Å². The van der Waals surface area contributed by atoms with Crippen LogP contribution >= 0.6 is 0 Å². The molecule has 1 aromatic rings. The molecule has 0 saturated carbocycles. The number of para-hydroxylation sites is 1. The summed E-state index contributed by atoms with van der Waals surface area (Å²) >= 11 is 0. The predicted molar refractivity (Wildman–Crippen MR) is 74.4 cm³/mol. The number of rotatable bonds is 3. The summed E-state index contributed by atoms with van der Waals surface area (Å²) in [5.74, 6) is -0.728. The summed E-state index contributed by atoms with van der Waals surface area (Å²) in [5, 5.41) is 12.7. The Balaban J connectivity index is 1.55. The van der Waals surface area contributed by atoms with Gasteiger partial charge in [0, 0.05) is 44.2 Å². The number of likely N-dealkylation sites (tertiary alicyclic amines) is 1. The number of hydrogen-bond acceptors (Lipinski definition) is 5. The molecule has 0 aliphatic carbocycles. The molecule has 2 saturated heterocycles. The minimum absolute atomic E-state index is 0.0153. The maximum atomic E-state index is 13.2. The quantitative estimate of drug-likeness (QED) is 0.867. The van der Waals surface area contributed by atoms with Gasteiger partial charge >= 0.3 is 12.3 Å². The molecular formula is C15H16F2N2O4. The number of carbonyl (C=O) groups is 1. The molecule has 0 amide bonds. The van der Waals surface area contributed by atoms with Gasteiger partial charge in [-0.15, -0.1) is 8.78 Å². The molecule has 2 atom stereocenters. The Morgan fingerprint density at radius 1 is 1.43 bits per heavy atom. The molecule has 23 heavy (non-hydrogen) atoms. The van der Waals surface area contributed by atoms with Crippen molar-refractivity contribution in [3.05, 3.63) is 23.8 Å². The number of hydrogen-bond donors (Lipinski definition) is 2. The highest BCUT2D eigenvalue weighted by Gasteiger charge is 2.55. The highest BCUT2D eigenvalue weighted by Crippen LogP contribution is 2.45. The van der Waals surface area contributed by atoms with Crippen LogP contribution in [0, 0.1) is 11.3 Å². The van der Waals surface area contributed by atoms with E-state index in [2.05, 4.69) is 14.8 Å². The Hall–Kier alpha value is -1.93. The van der Waals surface area contributed by atoms with Crippen molar-refractivity contribution in [3.8, 4) is 11.5 Å². The second-order valence-electron chi connectivity index (χ2n) is 6.37. The molecule has 2 N–H and O–H groups in total. The minimum Gasteiger partial charge on any atom is -0.481 e. The van der Waals surface area contributed by atoms with Gasteiger partial charge in [-0.2, -0.15) is 0 Å². The van der Waals surface area contributed by atoms with Gasteiger partial charge in [-0.05, 0) is 6.07 Å². The lowest BCUT2D eigenvalue weighted by Gasteiger charge is -2.23. The van der Waals surface area contributed by atoms with Crippen molar-refractivity contribution in [1.29, 1.82) is 0 Å². The van der Waals surface area contributed by atoms with E-state index in [9.17, 15) is 18.7 Å². The van der Waals surface area contributed by atoms with E-state index in [0.717, 1.165) is 0 Å². The number of carboxylic acid groups (broad SMARTS) is 1. The molecule has 124 valence electrons. The number of ether oxygens (including phenoxy) is 2. The van der Waals surface area contributed by atoms with E-state index in [-0.39, 0.29) is 17.4 Å². The highest BCUT2D eigenvalue weighted by molar-refractivity contribution is 5.77. The fourth-order valence-corrected chi connectivity index (χ4v) is 3.84. The van der Waals surface area contributed by atoms with Gasteiger partial charge in [0.1, 0.15) is 0 Å². The Bertz CT molecular complexity index is 669. The molecule has 4 rings (SSSR count). The van der Waals surface area contributed by atoms with Crippen LogP contribution in [0.25, 0.3) is 0 Å². The van der Waals surface area contributed by atoms with E-state index < -0.39 is 17.7 Å². The largest absolute Gasteiger partial charge is 0.586 e. The van der Waals surface area contributed by atoms with Gasteiger partial charge in [-0.3, -0.25) is 9.69 Å². The van der Waals surface area contributed by atoms with Crippen molar-refractivity contribution < 1.29 is 28.2 Å². The normalized spacial score (nSPS) is 31.3. The van der Waals surface area contributed by atoms with Crippen LogP contribution in [0.2, 0.25) is 0 Å². The molecule has 3 aliphatic heterocycles. The molecule has 1 aromatic carbocycles. The van der Waals surface area contributed by atoms with Gasteiger partial charge in [0.2, 0.25) is 0 Å². The van der Waals surface area contributed by atoms with Crippen molar-refractivity contribution in [1.82, 2.24) is 10.2 Å². The number of aliphatic carboxylic acids is 1. The lowest BCUT2D eigenvalue weighted by molar-refractivity contribution is -0.287. The third-order valence-corrected chi connectivity index (χ3v) is 4.93. The first kappa shape index (κ1) is 14.6. The van der Waals surface area contributed by atoms with Crippen molar-refractivity contribution in [2.24, 2.45) is 11.3 Å². The zero-order valence-corrected chi connectivity index (χ0v) is 12.2. The third kappa shape index (κ3) is 2.24. The fourth-order valence-electron chi connectivity index (χ4n) is 3.84. The van der Waals surface area contributed by atoms with Crippen LogP contribution in [0.15, 0.2) is 18.2 Å². The third-order valence-electron chi connectivity index (χ3n) is 4.93. The minimum atomic E-state index is -3.65. The summed E-state index contributed by atoms with van der Waals surface area (Å²) in [7, 11) is 0. The zero-order valence-electron chi connectivity index (χ0n) is 12.2. The summed E-state index contributed by atoms with van der Waals surface area (Å²) in [5.41, 5.74) is -0.215. The Morgan fingerprint density at radius 2 is 2.26 bits per heavy atom. The Labute approximate surface area is 131 Å². The zero-order chi connectivity index (χ0) is 16.2. The van der Waals surface area contributed by atoms with Crippen molar-refractivity contribution in [2.45, 2.75) is 12.8 Å². The van der Waals surface area contributed by atoms with Crippen molar-refractivity contribution in [2.75, 3.05) is 26.2 Å². The van der Waals surface area contributed by atoms with Gasteiger partial charge in [0.25, 0.3) is 0 Å². The summed E-state index contributed by atoms with van der Waals surface area (Å²) in [6.45, 7) is 2.46. The SMILES string of the molecule is O=C(O)[C@]12CNC[C@H]1CN(Cc1cccc3c1OC(F)(F)O3)C2. The van der Waals surface area contributed by atoms with E-state index in [1.165, 1.54) is 6.07 Å². The molecule has 3 heterocycles. The van der Waals surface area contributed by atoms with E-state index in [1.807, 2.05) is 4.90 Å². The van der Waals surface area contributed by atoms with Gasteiger partial charge in [-0.1, -0.05) is 12.1 Å². The molecule has 0 spiro atoms. The molecule has 0 bridgehead atoms. The van der Waals surface area contributed by atoms with Crippen LogP contribution in [0.1, 0.15) is 5.56 Å². The molecule has 3 aliphatic rings. The Kier molecular flexibility index (Phi) is 3.05. The average Bonchev–Trinajstić information content (AvgIpc) is 3.08. The smallest absolute Gasteiger partial charge is 0.481 e. The second kappa shape index (κ2) is 4.78. The highest BCUT2D eigenvalue weighted by atomic mass is 19.3. The molecule has 0 unspecified atom stereocenters. The van der Waals surface area contributed by atoms with Gasteiger partial charge in [-0.25, -0.2) is 0 Å². The molecule has 8 heteroatoms. The lowest BCUT2D eigenvalue weighted by atomic mass is 9.81. The van der Waals surface area contributed by atoms with E-state index in [0.29, 0.717) is 38.3 Å². The van der Waals surface area contributed by atoms with E-state index in [4.69, 9.17) is 0 Å². The molecule has 0 aromatic heterocycles. The first-order valence-corrected chi connectivity index (χ1v) is 7.44. The number of fused-ring (bicyclic) bond motifs is 2. The number of alkyl halides is 2. The first-order chi connectivity index (χ1) is 10.9. The van der Waals surface area contributed by atoms with Crippen LogP contribution in [-0.4, -0.2) is 48.4 Å². The predicted octanol–water partition coefficient (Wildman–Crippen LogP) is 1.11. The number of nitrogens with one attached hydrogen (secondary N) is 1. The number of benzene rings is 1. The van der Waals surface area contributed by atoms with Gasteiger partial charge in [0.05, 0.1) is 5.41 Å². The molecule has 2 fully saturated rings. The van der Waals surface area contributed by atoms with Gasteiger partial charge in [0.15, 0.2) is 11.5 Å². The van der Waals surface area contributed by atoms with Crippen molar-refractivity contribution in [3.63, 3.8) is 0 Å². The molecule has 0 radical (unpaired) electrons. The Morgan fingerprint density at radius 3 is 3.00 bits per heavy atom. The number of carboxylic acids is 1. The van der Waals surface area contributed by atoms with Crippen LogP contribution in [0.4, 0.5) is 8.78 Å². The topological polar surface area (TPSA) is 71.0 Å². The maximum absolute atomic E-state index is 13.2. The van der Waals surface area contributed by atoms with Crippen LogP contribution in [0.3, 0.4) is 0 Å². The summed E-state index contributed by atoms with van der Waals surface area (Å²) in [4.78, 5) is 13.6. The summed E-state index contributed by atoms with van der Waals surface area (Å²) < 4.78 is 35.5.